The first-order valence-corrected chi connectivity index (χ1v) is 10.4. The number of hydrogen-bond donors (Lipinski definition) is 0. The van der Waals surface area contributed by atoms with Crippen LogP contribution >= 0.6 is 0 Å². The number of esters is 4. The Morgan fingerprint density at radius 3 is 1.53 bits per heavy atom. The third-order valence-corrected chi connectivity index (χ3v) is 4.26. The third kappa shape index (κ3) is 7.05. The van der Waals surface area contributed by atoms with Crippen molar-refractivity contribution in [3.63, 3.8) is 0 Å². The van der Waals surface area contributed by atoms with Crippen molar-refractivity contribution in [2.45, 2.75) is 27.7 Å². The zero-order valence-corrected chi connectivity index (χ0v) is 20.4. The molecule has 0 saturated heterocycles. The summed E-state index contributed by atoms with van der Waals surface area (Å²) in [5.74, 6) is -3.41. The van der Waals surface area contributed by atoms with Crippen LogP contribution in [0.5, 0.6) is 23.0 Å². The number of carbonyl (C=O) groups excluding carboxylic acids is 4. The number of carbonyl (C=O) groups is 4. The highest BCUT2D eigenvalue weighted by atomic mass is 16.6. The summed E-state index contributed by atoms with van der Waals surface area (Å²) >= 11 is 0. The van der Waals surface area contributed by atoms with Crippen molar-refractivity contribution in [2.24, 2.45) is 0 Å². The smallest absolute Gasteiger partial charge is 0.339 e. The average Bonchev–Trinajstić information content (AvgIpc) is 2.80. The van der Waals surface area contributed by atoms with Crippen LogP contribution in [0, 0.1) is 12.1 Å². The molecule has 0 atom stereocenters. The SMILES string of the molecule is C=C(C)C(=O)Oc1c#cc(-c2ccc(OC(=O)C(=C)C)c(OC(=O)C(=C)C)c2)cc1OC(=O)C(=C)C. The van der Waals surface area contributed by atoms with Crippen LogP contribution in [0.4, 0.5) is 0 Å². The van der Waals surface area contributed by atoms with Crippen LogP contribution < -0.4 is 18.9 Å². The van der Waals surface area contributed by atoms with Gasteiger partial charge in [0.2, 0.25) is 5.75 Å². The van der Waals surface area contributed by atoms with Crippen molar-refractivity contribution in [1.82, 2.24) is 0 Å². The van der Waals surface area contributed by atoms with Gasteiger partial charge >= 0.3 is 23.9 Å². The van der Waals surface area contributed by atoms with E-state index in [1.54, 1.807) is 6.07 Å². The predicted molar refractivity (Wildman–Crippen MR) is 131 cm³/mol. The Hall–Kier alpha value is -4.90. The maximum Gasteiger partial charge on any atom is 0.339 e. The molecule has 0 unspecified atom stereocenters. The minimum Gasteiger partial charge on any atom is -0.419 e. The fourth-order valence-electron chi connectivity index (χ4n) is 2.31. The first kappa shape index (κ1) is 27.3. The molecule has 8 heteroatoms. The van der Waals surface area contributed by atoms with Crippen molar-refractivity contribution >= 4 is 23.9 Å². The summed E-state index contributed by atoms with van der Waals surface area (Å²) in [6.45, 7) is 19.9. The Labute approximate surface area is 209 Å². The van der Waals surface area contributed by atoms with Gasteiger partial charge in [0, 0.05) is 33.9 Å². The summed E-state index contributed by atoms with van der Waals surface area (Å²) in [6.07, 6.45) is 0. The summed E-state index contributed by atoms with van der Waals surface area (Å²) in [5.41, 5.74) is 1.22. The zero-order valence-electron chi connectivity index (χ0n) is 20.4. The molecule has 184 valence electrons. The Kier molecular flexibility index (Phi) is 8.73. The van der Waals surface area contributed by atoms with Crippen LogP contribution in [0.2, 0.25) is 0 Å². The molecule has 0 aromatic heterocycles. The highest BCUT2D eigenvalue weighted by Crippen LogP contribution is 2.36. The van der Waals surface area contributed by atoms with Crippen LogP contribution in [0.15, 0.2) is 72.9 Å². The second kappa shape index (κ2) is 11.5. The lowest BCUT2D eigenvalue weighted by Crippen LogP contribution is -2.13. The van der Waals surface area contributed by atoms with Crippen LogP contribution in [-0.2, 0) is 19.2 Å². The minimum absolute atomic E-state index is 0.0359. The molecular formula is C28H24O8. The van der Waals surface area contributed by atoms with E-state index in [2.05, 4.69) is 38.4 Å². The first-order chi connectivity index (χ1) is 16.8. The molecule has 0 heterocycles. The number of rotatable bonds is 9. The second-order valence-electron chi connectivity index (χ2n) is 7.84. The molecule has 0 aliphatic rings. The third-order valence-electron chi connectivity index (χ3n) is 4.26. The van der Waals surface area contributed by atoms with Crippen molar-refractivity contribution in [1.29, 1.82) is 0 Å². The summed E-state index contributed by atoms with van der Waals surface area (Å²) in [5, 5.41) is 0. The summed E-state index contributed by atoms with van der Waals surface area (Å²) in [6, 6.07) is 11.2. The Bertz CT molecular complexity index is 1210. The van der Waals surface area contributed by atoms with Gasteiger partial charge in [0.15, 0.2) is 17.2 Å². The Balaban J connectivity index is 2.58. The van der Waals surface area contributed by atoms with Gasteiger partial charge < -0.3 is 18.9 Å². The monoisotopic (exact) mass is 488 g/mol. The summed E-state index contributed by atoms with van der Waals surface area (Å²) in [4.78, 5) is 48.3. The van der Waals surface area contributed by atoms with Crippen LogP contribution in [0.25, 0.3) is 11.1 Å². The van der Waals surface area contributed by atoms with E-state index >= 15 is 0 Å². The van der Waals surface area contributed by atoms with E-state index in [0.29, 0.717) is 11.1 Å². The van der Waals surface area contributed by atoms with Gasteiger partial charge in [-0.05, 0) is 57.5 Å². The van der Waals surface area contributed by atoms with Crippen molar-refractivity contribution in [2.75, 3.05) is 0 Å². The van der Waals surface area contributed by atoms with Gasteiger partial charge in [0.05, 0.1) is 0 Å². The maximum atomic E-state index is 12.2. The molecule has 2 aromatic carbocycles. The van der Waals surface area contributed by atoms with Gasteiger partial charge in [-0.2, -0.15) is 0 Å². The minimum atomic E-state index is -0.758. The van der Waals surface area contributed by atoms with Gasteiger partial charge in [0.25, 0.3) is 0 Å². The van der Waals surface area contributed by atoms with E-state index in [-0.39, 0.29) is 45.3 Å². The van der Waals surface area contributed by atoms with E-state index in [4.69, 9.17) is 18.9 Å². The number of hydrogen-bond acceptors (Lipinski definition) is 8. The molecule has 0 fully saturated rings. The van der Waals surface area contributed by atoms with Crippen LogP contribution in [-0.4, -0.2) is 23.9 Å². The average molecular weight is 488 g/mol. The van der Waals surface area contributed by atoms with E-state index in [9.17, 15) is 19.2 Å². The highest BCUT2D eigenvalue weighted by Gasteiger charge is 2.19. The molecule has 0 N–H and O–H groups in total. The zero-order chi connectivity index (χ0) is 27.2. The molecule has 0 radical (unpaired) electrons. The topological polar surface area (TPSA) is 105 Å². The molecule has 0 amide bonds. The molecule has 8 nitrogen and oxygen atoms in total. The fourth-order valence-corrected chi connectivity index (χ4v) is 2.31. The molecule has 0 bridgehead atoms. The van der Waals surface area contributed by atoms with E-state index < -0.39 is 23.9 Å². The highest BCUT2D eigenvalue weighted by molar-refractivity contribution is 5.92. The quantitative estimate of drug-likeness (QED) is 0.279. The lowest BCUT2D eigenvalue weighted by atomic mass is 10.1. The van der Waals surface area contributed by atoms with Gasteiger partial charge in [-0.3, -0.25) is 0 Å². The molecule has 0 aliphatic heterocycles. The molecule has 2 aromatic rings. The first-order valence-electron chi connectivity index (χ1n) is 10.4. The van der Waals surface area contributed by atoms with Crippen LogP contribution in [0.1, 0.15) is 27.7 Å². The molecule has 0 aliphatic carbocycles. The lowest BCUT2D eigenvalue weighted by Gasteiger charge is -2.13. The van der Waals surface area contributed by atoms with Gasteiger partial charge in [-0.25, -0.2) is 19.2 Å². The van der Waals surface area contributed by atoms with Gasteiger partial charge in [-0.15, -0.1) is 0 Å². The van der Waals surface area contributed by atoms with Crippen LogP contribution in [0.3, 0.4) is 0 Å². The van der Waals surface area contributed by atoms with E-state index in [0.717, 1.165) is 0 Å². The molecule has 36 heavy (non-hydrogen) atoms. The lowest BCUT2D eigenvalue weighted by molar-refractivity contribution is -0.132. The summed E-state index contributed by atoms with van der Waals surface area (Å²) < 4.78 is 21.1. The van der Waals surface area contributed by atoms with Crippen molar-refractivity contribution in [3.05, 3.63) is 85.0 Å². The normalized spacial score (nSPS) is 9.78. The van der Waals surface area contributed by atoms with E-state index in [1.807, 2.05) is 0 Å². The molecule has 2 rings (SSSR count). The second-order valence-corrected chi connectivity index (χ2v) is 7.84. The molecular weight excluding hydrogens is 464 g/mol. The maximum absolute atomic E-state index is 12.2. The van der Waals surface area contributed by atoms with E-state index in [1.165, 1.54) is 45.9 Å². The van der Waals surface area contributed by atoms with Crippen molar-refractivity contribution < 1.29 is 38.1 Å². The molecule has 0 spiro atoms. The number of benzene rings is 1. The standard InChI is InChI=1S/C28H24O8/c1-15(2)25(29)33-21-11-9-19(13-23(21)35-27(31)17(5)6)20-10-12-22(34-26(30)16(3)4)24(14-20)36-28(32)18(7)8/h9,11,13-14H,1,3,5,7H2,2,4,6,8H3. The Morgan fingerprint density at radius 1 is 0.583 bits per heavy atom. The number of ether oxygens (including phenoxy) is 4. The van der Waals surface area contributed by atoms with Gasteiger partial charge in [-0.1, -0.05) is 32.4 Å². The Morgan fingerprint density at radius 2 is 1.03 bits per heavy atom. The van der Waals surface area contributed by atoms with Gasteiger partial charge in [0.1, 0.15) is 0 Å². The fraction of sp³-hybridized carbons (Fsp3) is 0.143. The summed E-state index contributed by atoms with van der Waals surface area (Å²) in [7, 11) is 0. The van der Waals surface area contributed by atoms with Crippen molar-refractivity contribution in [3.8, 4) is 34.1 Å². The predicted octanol–water partition coefficient (Wildman–Crippen LogP) is 4.88. The largest absolute Gasteiger partial charge is 0.419 e. The molecule has 0 saturated carbocycles.